The predicted molar refractivity (Wildman–Crippen MR) is 115 cm³/mol. The number of hydrogen-bond donors (Lipinski definition) is 3. The van der Waals surface area contributed by atoms with Crippen LogP contribution < -0.4 is 30.2 Å². The lowest BCUT2D eigenvalue weighted by Gasteiger charge is -2.14. The maximum Gasteiger partial charge on any atom is 0.251 e. The van der Waals surface area contributed by atoms with E-state index in [4.69, 9.17) is 14.2 Å². The Bertz CT molecular complexity index is 962. The van der Waals surface area contributed by atoms with E-state index >= 15 is 0 Å². The lowest BCUT2D eigenvalue weighted by Crippen LogP contribution is -2.32. The smallest absolute Gasteiger partial charge is 0.251 e. The van der Waals surface area contributed by atoms with Crippen molar-refractivity contribution in [2.24, 2.45) is 5.92 Å². The Morgan fingerprint density at radius 1 is 0.903 bits per heavy atom. The highest BCUT2D eigenvalue weighted by Crippen LogP contribution is 2.38. The normalized spacial score (nSPS) is 12.5. The van der Waals surface area contributed by atoms with Crippen molar-refractivity contribution in [3.8, 4) is 17.2 Å². The fourth-order valence-electron chi connectivity index (χ4n) is 2.94. The number of hydrogen-bond acceptors (Lipinski definition) is 6. The third-order valence-electron chi connectivity index (χ3n) is 4.70. The molecule has 31 heavy (non-hydrogen) atoms. The van der Waals surface area contributed by atoms with E-state index in [0.717, 1.165) is 12.8 Å². The molecule has 9 heteroatoms. The Kier molecular flexibility index (Phi) is 6.96. The topological polar surface area (TPSA) is 115 Å². The molecule has 0 aromatic heterocycles. The monoisotopic (exact) mass is 427 g/mol. The first-order valence-corrected chi connectivity index (χ1v) is 9.74. The zero-order valence-electron chi connectivity index (χ0n) is 17.6. The summed E-state index contributed by atoms with van der Waals surface area (Å²) in [6.07, 6.45) is 1.82. The van der Waals surface area contributed by atoms with Gasteiger partial charge in [0.2, 0.25) is 17.6 Å². The molecule has 0 unspecified atom stereocenters. The van der Waals surface area contributed by atoms with E-state index in [1.54, 1.807) is 24.3 Å². The van der Waals surface area contributed by atoms with Crippen LogP contribution in [0.4, 0.5) is 11.4 Å². The molecule has 164 valence electrons. The predicted octanol–water partition coefficient (Wildman–Crippen LogP) is 2.43. The van der Waals surface area contributed by atoms with E-state index in [-0.39, 0.29) is 23.9 Å². The summed E-state index contributed by atoms with van der Waals surface area (Å²) in [4.78, 5) is 36.6. The van der Waals surface area contributed by atoms with Crippen molar-refractivity contribution < 1.29 is 28.6 Å². The Hall–Kier alpha value is -3.75. The van der Waals surface area contributed by atoms with Gasteiger partial charge in [0.15, 0.2) is 11.5 Å². The van der Waals surface area contributed by atoms with Crippen LogP contribution in [0.1, 0.15) is 23.2 Å². The Balaban J connectivity index is 1.58. The van der Waals surface area contributed by atoms with E-state index < -0.39 is 11.8 Å². The van der Waals surface area contributed by atoms with Crippen LogP contribution in [-0.2, 0) is 9.59 Å². The second-order valence-electron chi connectivity index (χ2n) is 6.99. The van der Waals surface area contributed by atoms with E-state index in [1.807, 2.05) is 0 Å². The van der Waals surface area contributed by atoms with Gasteiger partial charge in [-0.25, -0.2) is 0 Å². The minimum Gasteiger partial charge on any atom is -0.493 e. The number of benzene rings is 2. The third-order valence-corrected chi connectivity index (χ3v) is 4.70. The van der Waals surface area contributed by atoms with Crippen LogP contribution in [0.3, 0.4) is 0 Å². The highest BCUT2D eigenvalue weighted by atomic mass is 16.5. The number of methoxy groups -OCH3 is 3. The van der Waals surface area contributed by atoms with Gasteiger partial charge in [0.1, 0.15) is 0 Å². The Labute approximate surface area is 180 Å². The molecule has 0 radical (unpaired) electrons. The summed E-state index contributed by atoms with van der Waals surface area (Å²) in [6, 6.07) is 9.85. The molecule has 0 spiro atoms. The molecule has 1 fully saturated rings. The Morgan fingerprint density at radius 2 is 1.52 bits per heavy atom. The molecule has 0 saturated heterocycles. The number of rotatable bonds is 9. The molecule has 2 aromatic carbocycles. The second-order valence-corrected chi connectivity index (χ2v) is 6.99. The first kappa shape index (κ1) is 21.9. The quantitative estimate of drug-likeness (QED) is 0.566. The molecule has 3 N–H and O–H groups in total. The molecule has 0 atom stereocenters. The van der Waals surface area contributed by atoms with Crippen molar-refractivity contribution in [1.82, 2.24) is 5.32 Å². The van der Waals surface area contributed by atoms with Crippen LogP contribution in [0, 0.1) is 5.92 Å². The number of ether oxygens (including phenoxy) is 3. The van der Waals surface area contributed by atoms with Gasteiger partial charge in [0.25, 0.3) is 5.91 Å². The number of amides is 3. The molecular weight excluding hydrogens is 402 g/mol. The summed E-state index contributed by atoms with van der Waals surface area (Å²) in [5, 5.41) is 8.08. The molecule has 2 aromatic rings. The summed E-state index contributed by atoms with van der Waals surface area (Å²) >= 11 is 0. The van der Waals surface area contributed by atoms with Gasteiger partial charge in [-0.05, 0) is 43.2 Å². The van der Waals surface area contributed by atoms with Crippen LogP contribution in [0.2, 0.25) is 0 Å². The van der Waals surface area contributed by atoms with Gasteiger partial charge < -0.3 is 30.2 Å². The van der Waals surface area contributed by atoms with Crippen LogP contribution in [-0.4, -0.2) is 45.6 Å². The van der Waals surface area contributed by atoms with Crippen LogP contribution in [0.25, 0.3) is 0 Å². The fraction of sp³-hybridized carbons (Fsp3) is 0.318. The van der Waals surface area contributed by atoms with Gasteiger partial charge in [-0.3, -0.25) is 14.4 Å². The maximum absolute atomic E-state index is 12.5. The zero-order valence-corrected chi connectivity index (χ0v) is 17.6. The molecule has 1 aliphatic carbocycles. The van der Waals surface area contributed by atoms with Crippen molar-refractivity contribution in [3.05, 3.63) is 42.0 Å². The summed E-state index contributed by atoms with van der Waals surface area (Å²) in [7, 11) is 4.37. The average Bonchev–Trinajstić information content (AvgIpc) is 3.62. The number of nitrogens with one attached hydrogen (secondary N) is 3. The van der Waals surface area contributed by atoms with E-state index in [9.17, 15) is 14.4 Å². The summed E-state index contributed by atoms with van der Waals surface area (Å²) in [5.41, 5.74) is 1.38. The third kappa shape index (κ3) is 5.65. The van der Waals surface area contributed by atoms with E-state index in [0.29, 0.717) is 28.6 Å². The van der Waals surface area contributed by atoms with Crippen molar-refractivity contribution >= 4 is 29.1 Å². The number of anilines is 2. The molecule has 0 aliphatic heterocycles. The van der Waals surface area contributed by atoms with Crippen LogP contribution >= 0.6 is 0 Å². The van der Waals surface area contributed by atoms with Crippen molar-refractivity contribution in [2.45, 2.75) is 12.8 Å². The van der Waals surface area contributed by atoms with Gasteiger partial charge in [0, 0.05) is 22.9 Å². The first-order valence-electron chi connectivity index (χ1n) is 9.74. The second kappa shape index (κ2) is 9.84. The molecule has 1 aliphatic rings. The van der Waals surface area contributed by atoms with Gasteiger partial charge in [0.05, 0.1) is 27.9 Å². The van der Waals surface area contributed by atoms with Gasteiger partial charge in [-0.2, -0.15) is 0 Å². The molecule has 3 rings (SSSR count). The molecule has 1 saturated carbocycles. The van der Waals surface area contributed by atoms with Crippen LogP contribution in [0.5, 0.6) is 17.2 Å². The standard InChI is InChI=1S/C22H25N3O6/c1-29-17-9-14(10-18(30-2)20(17)31-3)21(27)23-12-19(26)24-15-5-4-6-16(11-15)25-22(28)13-7-8-13/h4-6,9-11,13H,7-8,12H2,1-3H3,(H,23,27)(H,24,26)(H,25,28). The van der Waals surface area contributed by atoms with Gasteiger partial charge >= 0.3 is 0 Å². The lowest BCUT2D eigenvalue weighted by atomic mass is 10.1. The SMILES string of the molecule is COc1cc(C(=O)NCC(=O)Nc2cccc(NC(=O)C3CC3)c2)cc(OC)c1OC. The van der Waals surface area contributed by atoms with E-state index in [2.05, 4.69) is 16.0 Å². The van der Waals surface area contributed by atoms with Gasteiger partial charge in [-0.15, -0.1) is 0 Å². The first-order chi connectivity index (χ1) is 14.9. The number of carbonyl (C=O) groups is 3. The van der Waals surface area contributed by atoms with Crippen LogP contribution in [0.15, 0.2) is 36.4 Å². The van der Waals surface area contributed by atoms with Crippen molar-refractivity contribution in [2.75, 3.05) is 38.5 Å². The van der Waals surface area contributed by atoms with Crippen molar-refractivity contribution in [1.29, 1.82) is 0 Å². The highest BCUT2D eigenvalue weighted by molar-refractivity contribution is 6.00. The highest BCUT2D eigenvalue weighted by Gasteiger charge is 2.29. The largest absolute Gasteiger partial charge is 0.493 e. The maximum atomic E-state index is 12.5. The van der Waals surface area contributed by atoms with Crippen molar-refractivity contribution in [3.63, 3.8) is 0 Å². The molecule has 0 bridgehead atoms. The number of carbonyl (C=O) groups excluding carboxylic acids is 3. The summed E-state index contributed by atoms with van der Waals surface area (Å²) in [5.74, 6) is 0.229. The molecular formula is C22H25N3O6. The molecule has 0 heterocycles. The molecule has 9 nitrogen and oxygen atoms in total. The minimum atomic E-state index is -0.472. The van der Waals surface area contributed by atoms with Gasteiger partial charge in [-0.1, -0.05) is 6.07 Å². The summed E-state index contributed by atoms with van der Waals surface area (Å²) < 4.78 is 15.7. The average molecular weight is 427 g/mol. The van der Waals surface area contributed by atoms with E-state index in [1.165, 1.54) is 33.5 Å². The minimum absolute atomic E-state index is 0.0129. The zero-order chi connectivity index (χ0) is 22.4. The molecule has 3 amide bonds. The Morgan fingerprint density at radius 3 is 2.06 bits per heavy atom. The summed E-state index contributed by atoms with van der Waals surface area (Å²) in [6.45, 7) is -0.242. The lowest BCUT2D eigenvalue weighted by molar-refractivity contribution is -0.117. The fourth-order valence-corrected chi connectivity index (χ4v) is 2.94.